The van der Waals surface area contributed by atoms with E-state index in [4.69, 9.17) is 4.42 Å². The van der Waals surface area contributed by atoms with Crippen LogP contribution in [0.15, 0.2) is 23.0 Å². The summed E-state index contributed by atoms with van der Waals surface area (Å²) in [6.45, 7) is 3.83. The van der Waals surface area contributed by atoms with Gasteiger partial charge in [0.2, 0.25) is 0 Å². The first-order valence-corrected chi connectivity index (χ1v) is 6.25. The van der Waals surface area contributed by atoms with E-state index in [1.807, 2.05) is 13.1 Å². The maximum Gasteiger partial charge on any atom is 0.312 e. The maximum absolute atomic E-state index is 11.6. The lowest BCUT2D eigenvalue weighted by molar-refractivity contribution is -0.148. The van der Waals surface area contributed by atoms with E-state index in [0.29, 0.717) is 13.1 Å². The van der Waals surface area contributed by atoms with Crippen LogP contribution in [0.2, 0.25) is 0 Å². The van der Waals surface area contributed by atoms with Crippen molar-refractivity contribution in [2.75, 3.05) is 33.2 Å². The van der Waals surface area contributed by atoms with E-state index >= 15 is 0 Å². The van der Waals surface area contributed by atoms with Crippen LogP contribution in [-0.4, -0.2) is 54.1 Å². The van der Waals surface area contributed by atoms with Crippen molar-refractivity contribution in [3.63, 3.8) is 0 Å². The summed E-state index contributed by atoms with van der Waals surface area (Å²) in [5.41, 5.74) is 0.544. The predicted molar refractivity (Wildman–Crippen MR) is 65.0 cm³/mol. The number of carboxylic acid groups (broad SMARTS) is 1. The summed E-state index contributed by atoms with van der Waals surface area (Å²) in [7, 11) is 2.00. The summed E-state index contributed by atoms with van der Waals surface area (Å²) >= 11 is 0. The number of hydrogen-bond acceptors (Lipinski definition) is 4. The minimum Gasteiger partial charge on any atom is -0.481 e. The van der Waals surface area contributed by atoms with E-state index in [1.165, 1.54) is 0 Å². The highest BCUT2D eigenvalue weighted by molar-refractivity contribution is 5.77. The SMILES string of the molecule is CN1C[C@H]2CN(Cc3ccoc3)C[C@@]2(C(=O)O)C1. The van der Waals surface area contributed by atoms with Gasteiger partial charge in [-0.25, -0.2) is 0 Å². The molecule has 0 amide bonds. The Labute approximate surface area is 106 Å². The van der Waals surface area contributed by atoms with Gasteiger partial charge in [0, 0.05) is 44.2 Å². The Bertz CT molecular complexity index is 445. The molecule has 1 N–H and O–H groups in total. The molecular weight excluding hydrogens is 232 g/mol. The summed E-state index contributed by atoms with van der Waals surface area (Å²) in [5.74, 6) is -0.404. The van der Waals surface area contributed by atoms with Gasteiger partial charge in [0.1, 0.15) is 0 Å². The molecule has 0 aromatic carbocycles. The summed E-state index contributed by atoms with van der Waals surface area (Å²) in [5, 5.41) is 9.56. The van der Waals surface area contributed by atoms with Crippen molar-refractivity contribution < 1.29 is 14.3 Å². The molecule has 1 aromatic rings. The Hall–Kier alpha value is -1.33. The topological polar surface area (TPSA) is 56.9 Å². The Kier molecular flexibility index (Phi) is 2.68. The van der Waals surface area contributed by atoms with Gasteiger partial charge in [-0.2, -0.15) is 0 Å². The zero-order chi connectivity index (χ0) is 12.8. The third-order valence-electron chi connectivity index (χ3n) is 4.26. The second kappa shape index (κ2) is 4.10. The van der Waals surface area contributed by atoms with Crippen molar-refractivity contribution in [3.8, 4) is 0 Å². The minimum absolute atomic E-state index is 0.243. The lowest BCUT2D eigenvalue weighted by Gasteiger charge is -2.23. The largest absolute Gasteiger partial charge is 0.481 e. The molecule has 3 rings (SSSR count). The first kappa shape index (κ1) is 11.7. The monoisotopic (exact) mass is 250 g/mol. The van der Waals surface area contributed by atoms with E-state index in [2.05, 4.69) is 9.80 Å². The molecule has 2 saturated heterocycles. The van der Waals surface area contributed by atoms with Crippen molar-refractivity contribution in [2.24, 2.45) is 11.3 Å². The van der Waals surface area contributed by atoms with Gasteiger partial charge in [0.25, 0.3) is 0 Å². The molecule has 2 aliphatic heterocycles. The second-order valence-electron chi connectivity index (χ2n) is 5.66. The Morgan fingerprint density at radius 2 is 2.39 bits per heavy atom. The molecule has 3 heterocycles. The fourth-order valence-electron chi connectivity index (χ4n) is 3.48. The van der Waals surface area contributed by atoms with Crippen LogP contribution in [0.5, 0.6) is 0 Å². The van der Waals surface area contributed by atoms with E-state index in [9.17, 15) is 9.90 Å². The molecule has 0 saturated carbocycles. The average molecular weight is 250 g/mol. The van der Waals surface area contributed by atoms with Crippen LogP contribution in [0.1, 0.15) is 5.56 Å². The smallest absolute Gasteiger partial charge is 0.312 e. The molecule has 18 heavy (non-hydrogen) atoms. The minimum atomic E-state index is -0.647. The highest BCUT2D eigenvalue weighted by atomic mass is 16.4. The van der Waals surface area contributed by atoms with Gasteiger partial charge < -0.3 is 14.4 Å². The van der Waals surface area contributed by atoms with Crippen LogP contribution in [0.3, 0.4) is 0 Å². The lowest BCUT2D eigenvalue weighted by atomic mass is 9.81. The average Bonchev–Trinajstić information content (AvgIpc) is 2.93. The number of aliphatic carboxylic acids is 1. The number of furan rings is 1. The van der Waals surface area contributed by atoms with Gasteiger partial charge in [-0.05, 0) is 13.1 Å². The molecule has 0 aliphatic carbocycles. The maximum atomic E-state index is 11.6. The van der Waals surface area contributed by atoms with Crippen molar-refractivity contribution >= 4 is 5.97 Å². The third-order valence-corrected chi connectivity index (χ3v) is 4.26. The highest BCUT2D eigenvalue weighted by Gasteiger charge is 2.56. The molecule has 0 unspecified atom stereocenters. The quantitative estimate of drug-likeness (QED) is 0.857. The molecule has 2 atom stereocenters. The number of nitrogens with zero attached hydrogens (tertiary/aromatic N) is 2. The normalized spacial score (nSPS) is 32.8. The second-order valence-corrected chi connectivity index (χ2v) is 5.66. The van der Waals surface area contributed by atoms with E-state index in [1.54, 1.807) is 12.5 Å². The highest BCUT2D eigenvalue weighted by Crippen LogP contribution is 2.42. The fraction of sp³-hybridized carbons (Fsp3) is 0.615. The number of carboxylic acids is 1. The zero-order valence-electron chi connectivity index (χ0n) is 10.5. The number of rotatable bonds is 3. The molecule has 0 radical (unpaired) electrons. The van der Waals surface area contributed by atoms with Gasteiger partial charge in [0.15, 0.2) is 0 Å². The zero-order valence-corrected chi connectivity index (χ0v) is 10.5. The molecule has 5 nitrogen and oxygen atoms in total. The molecule has 0 bridgehead atoms. The molecule has 2 fully saturated rings. The van der Waals surface area contributed by atoms with Crippen molar-refractivity contribution in [1.82, 2.24) is 9.80 Å². The standard InChI is InChI=1S/C13H18N2O3/c1-14-5-11-6-15(4-10-2-3-18-7-10)9-13(11,8-14)12(16)17/h2-3,7,11H,4-6,8-9H2,1H3,(H,16,17)/t11-,13-/m0/s1. The lowest BCUT2D eigenvalue weighted by Crippen LogP contribution is -2.40. The first-order valence-electron chi connectivity index (χ1n) is 6.25. The van der Waals surface area contributed by atoms with Crippen LogP contribution < -0.4 is 0 Å². The van der Waals surface area contributed by atoms with Crippen LogP contribution in [0, 0.1) is 11.3 Å². The predicted octanol–water partition coefficient (Wildman–Crippen LogP) is 0.728. The van der Waals surface area contributed by atoms with Crippen LogP contribution in [0.25, 0.3) is 0 Å². The first-order chi connectivity index (χ1) is 8.60. The molecule has 5 heteroatoms. The Morgan fingerprint density at radius 3 is 3.00 bits per heavy atom. The Morgan fingerprint density at radius 1 is 1.56 bits per heavy atom. The number of carbonyl (C=O) groups is 1. The summed E-state index contributed by atoms with van der Waals surface area (Å²) in [4.78, 5) is 16.0. The molecule has 1 aromatic heterocycles. The van der Waals surface area contributed by atoms with Crippen LogP contribution in [0.4, 0.5) is 0 Å². The van der Waals surface area contributed by atoms with E-state index in [-0.39, 0.29) is 5.92 Å². The van der Waals surface area contributed by atoms with Gasteiger partial charge in [-0.3, -0.25) is 9.69 Å². The number of fused-ring (bicyclic) bond motifs is 1. The molecule has 98 valence electrons. The summed E-state index contributed by atoms with van der Waals surface area (Å²) in [6, 6.07) is 1.94. The van der Waals surface area contributed by atoms with Crippen molar-refractivity contribution in [3.05, 3.63) is 24.2 Å². The molecular formula is C13H18N2O3. The van der Waals surface area contributed by atoms with Crippen molar-refractivity contribution in [1.29, 1.82) is 0 Å². The van der Waals surface area contributed by atoms with E-state index in [0.717, 1.165) is 25.2 Å². The molecule has 2 aliphatic rings. The van der Waals surface area contributed by atoms with Gasteiger partial charge in [-0.15, -0.1) is 0 Å². The van der Waals surface area contributed by atoms with Crippen molar-refractivity contribution in [2.45, 2.75) is 6.54 Å². The number of hydrogen-bond donors (Lipinski definition) is 1. The summed E-state index contributed by atoms with van der Waals surface area (Å²) in [6.07, 6.45) is 3.39. The molecule has 0 spiro atoms. The van der Waals surface area contributed by atoms with Gasteiger partial charge >= 0.3 is 5.97 Å². The van der Waals surface area contributed by atoms with Crippen LogP contribution in [-0.2, 0) is 11.3 Å². The van der Waals surface area contributed by atoms with Gasteiger partial charge in [-0.1, -0.05) is 0 Å². The van der Waals surface area contributed by atoms with Gasteiger partial charge in [0.05, 0.1) is 17.9 Å². The summed E-state index contributed by atoms with van der Waals surface area (Å²) < 4.78 is 5.06. The van der Waals surface area contributed by atoms with Crippen LogP contribution >= 0.6 is 0 Å². The number of likely N-dealkylation sites (tertiary alicyclic amines) is 2. The Balaban J connectivity index is 1.75. The van der Waals surface area contributed by atoms with E-state index < -0.39 is 11.4 Å². The fourth-order valence-corrected chi connectivity index (χ4v) is 3.48. The third kappa shape index (κ3) is 1.74.